The maximum absolute atomic E-state index is 12.5. The predicted molar refractivity (Wildman–Crippen MR) is 96.0 cm³/mol. The SMILES string of the molecule is COc1ccc(OC)c(-c2nnc(NC(=O)C3CCCN3S(C)(=O)=O)o2)c1. The first kappa shape index (κ1) is 19.1. The fourth-order valence-corrected chi connectivity index (χ4v) is 4.08. The Morgan fingerprint density at radius 1 is 1.30 bits per heavy atom. The molecule has 1 amide bonds. The van der Waals surface area contributed by atoms with Crippen LogP contribution in [0.15, 0.2) is 22.6 Å². The molecule has 0 spiro atoms. The number of carbonyl (C=O) groups excluding carboxylic acids is 1. The minimum absolute atomic E-state index is 0.125. The highest BCUT2D eigenvalue weighted by molar-refractivity contribution is 7.88. The molecule has 0 bridgehead atoms. The molecule has 0 radical (unpaired) electrons. The van der Waals surface area contributed by atoms with E-state index >= 15 is 0 Å². The molecule has 10 nitrogen and oxygen atoms in total. The Morgan fingerprint density at radius 2 is 2.07 bits per heavy atom. The van der Waals surface area contributed by atoms with Gasteiger partial charge in [0, 0.05) is 6.54 Å². The number of aromatic nitrogens is 2. The number of amides is 1. The fourth-order valence-electron chi connectivity index (χ4n) is 2.95. The second-order valence-corrected chi connectivity index (χ2v) is 7.93. The van der Waals surface area contributed by atoms with Gasteiger partial charge >= 0.3 is 6.01 Å². The lowest BCUT2D eigenvalue weighted by molar-refractivity contribution is -0.119. The van der Waals surface area contributed by atoms with Gasteiger partial charge in [0.25, 0.3) is 5.89 Å². The summed E-state index contributed by atoms with van der Waals surface area (Å²) in [6, 6.07) is 4.17. The molecule has 146 valence electrons. The summed E-state index contributed by atoms with van der Waals surface area (Å²) in [7, 11) is -0.436. The van der Waals surface area contributed by atoms with Gasteiger partial charge in [-0.2, -0.15) is 4.31 Å². The third kappa shape index (κ3) is 4.03. The number of nitrogens with zero attached hydrogens (tertiary/aromatic N) is 3. The number of ether oxygens (including phenoxy) is 2. The number of sulfonamides is 1. The third-order valence-electron chi connectivity index (χ3n) is 4.22. The molecule has 1 aromatic heterocycles. The minimum Gasteiger partial charge on any atom is -0.497 e. The zero-order chi connectivity index (χ0) is 19.6. The summed E-state index contributed by atoms with van der Waals surface area (Å²) >= 11 is 0. The van der Waals surface area contributed by atoms with E-state index in [2.05, 4.69) is 15.5 Å². The van der Waals surface area contributed by atoms with Crippen molar-refractivity contribution < 1.29 is 27.1 Å². The number of anilines is 1. The van der Waals surface area contributed by atoms with E-state index in [1.165, 1.54) is 18.5 Å². The molecule has 1 unspecified atom stereocenters. The van der Waals surface area contributed by atoms with Crippen molar-refractivity contribution in [2.45, 2.75) is 18.9 Å². The molecule has 1 atom stereocenters. The summed E-state index contributed by atoms with van der Waals surface area (Å²) in [6.45, 7) is 0.313. The van der Waals surface area contributed by atoms with Crippen molar-refractivity contribution in [3.63, 3.8) is 0 Å². The van der Waals surface area contributed by atoms with Gasteiger partial charge in [0.2, 0.25) is 15.9 Å². The average Bonchev–Trinajstić information content (AvgIpc) is 3.30. The lowest BCUT2D eigenvalue weighted by Crippen LogP contribution is -2.42. The van der Waals surface area contributed by atoms with Crippen molar-refractivity contribution in [1.82, 2.24) is 14.5 Å². The molecule has 2 aromatic rings. The second-order valence-electron chi connectivity index (χ2n) is 6.00. The molecule has 1 aromatic carbocycles. The summed E-state index contributed by atoms with van der Waals surface area (Å²) in [6.07, 6.45) is 2.13. The Bertz CT molecular complexity index is 942. The van der Waals surface area contributed by atoms with Gasteiger partial charge in [-0.3, -0.25) is 10.1 Å². The third-order valence-corrected chi connectivity index (χ3v) is 5.51. The van der Waals surface area contributed by atoms with Crippen molar-refractivity contribution in [3.05, 3.63) is 18.2 Å². The van der Waals surface area contributed by atoms with E-state index in [0.717, 1.165) is 6.26 Å². The van der Waals surface area contributed by atoms with Crippen LogP contribution < -0.4 is 14.8 Å². The van der Waals surface area contributed by atoms with Gasteiger partial charge in [-0.15, -0.1) is 5.10 Å². The van der Waals surface area contributed by atoms with Crippen molar-refractivity contribution >= 4 is 21.9 Å². The largest absolute Gasteiger partial charge is 0.497 e. The molecule has 11 heteroatoms. The molecule has 1 aliphatic rings. The summed E-state index contributed by atoms with van der Waals surface area (Å²) in [5.74, 6) is 0.693. The standard InChI is InChI=1S/C16H20N4O6S/c1-24-10-6-7-13(25-2)11(9-10)15-18-19-16(26-15)17-14(21)12-5-4-8-20(12)27(3,22)23/h6-7,9,12H,4-5,8H2,1-3H3,(H,17,19,21). The number of hydrogen-bond acceptors (Lipinski definition) is 8. The molecule has 0 saturated carbocycles. The van der Waals surface area contributed by atoms with Crippen molar-refractivity contribution in [1.29, 1.82) is 0 Å². The van der Waals surface area contributed by atoms with E-state index in [1.54, 1.807) is 18.2 Å². The first-order valence-electron chi connectivity index (χ1n) is 8.17. The van der Waals surface area contributed by atoms with Crippen LogP contribution in [0.1, 0.15) is 12.8 Å². The van der Waals surface area contributed by atoms with Crippen LogP contribution in [0.3, 0.4) is 0 Å². The molecule has 3 rings (SSSR count). The Morgan fingerprint density at radius 3 is 2.74 bits per heavy atom. The highest BCUT2D eigenvalue weighted by Gasteiger charge is 2.37. The number of hydrogen-bond donors (Lipinski definition) is 1. The molecule has 1 saturated heterocycles. The van der Waals surface area contributed by atoms with Gasteiger partial charge < -0.3 is 13.9 Å². The molecule has 1 aliphatic heterocycles. The molecule has 1 N–H and O–H groups in total. The van der Waals surface area contributed by atoms with Gasteiger partial charge in [0.1, 0.15) is 17.5 Å². The van der Waals surface area contributed by atoms with Gasteiger partial charge in [-0.05, 0) is 31.0 Å². The van der Waals surface area contributed by atoms with Gasteiger partial charge in [0.15, 0.2) is 0 Å². The molecular formula is C16H20N4O6S. The smallest absolute Gasteiger partial charge is 0.322 e. The van der Waals surface area contributed by atoms with Crippen molar-refractivity contribution in [3.8, 4) is 23.0 Å². The Kier molecular flexibility index (Phi) is 5.33. The minimum atomic E-state index is -3.47. The van der Waals surface area contributed by atoms with Crippen molar-refractivity contribution in [2.75, 3.05) is 32.3 Å². The van der Waals surface area contributed by atoms with Crippen LogP contribution in [0.2, 0.25) is 0 Å². The summed E-state index contributed by atoms with van der Waals surface area (Å²) in [4.78, 5) is 12.5. The molecular weight excluding hydrogens is 376 g/mol. The second kappa shape index (κ2) is 7.53. The lowest BCUT2D eigenvalue weighted by Gasteiger charge is -2.20. The number of nitrogens with one attached hydrogen (secondary N) is 1. The Labute approximate surface area is 156 Å². The Balaban J connectivity index is 1.80. The van der Waals surface area contributed by atoms with Crippen LogP contribution in [0, 0.1) is 0 Å². The predicted octanol–water partition coefficient (Wildman–Crippen LogP) is 1.12. The Hall–Kier alpha value is -2.66. The zero-order valence-electron chi connectivity index (χ0n) is 15.1. The highest BCUT2D eigenvalue weighted by Crippen LogP contribution is 2.33. The fraction of sp³-hybridized carbons (Fsp3) is 0.438. The number of carbonyl (C=O) groups is 1. The van der Waals surface area contributed by atoms with Gasteiger partial charge in [0.05, 0.1) is 26.0 Å². The highest BCUT2D eigenvalue weighted by atomic mass is 32.2. The lowest BCUT2D eigenvalue weighted by atomic mass is 10.2. The van der Waals surface area contributed by atoms with Crippen LogP contribution in [-0.2, 0) is 14.8 Å². The van der Waals surface area contributed by atoms with Crippen molar-refractivity contribution in [2.24, 2.45) is 0 Å². The summed E-state index contributed by atoms with van der Waals surface area (Å²) in [5, 5.41) is 10.2. The molecule has 0 aliphatic carbocycles. The number of benzene rings is 1. The van der Waals surface area contributed by atoms with E-state index in [4.69, 9.17) is 13.9 Å². The van der Waals surface area contributed by atoms with Crippen LogP contribution in [-0.4, -0.2) is 61.9 Å². The maximum Gasteiger partial charge on any atom is 0.322 e. The van der Waals surface area contributed by atoms with E-state index < -0.39 is 22.0 Å². The topological polar surface area (TPSA) is 124 Å². The van der Waals surface area contributed by atoms with Crippen LogP contribution >= 0.6 is 0 Å². The van der Waals surface area contributed by atoms with Crippen LogP contribution in [0.5, 0.6) is 11.5 Å². The van der Waals surface area contributed by atoms with Gasteiger partial charge in [-0.1, -0.05) is 5.10 Å². The first-order chi connectivity index (χ1) is 12.8. The molecule has 2 heterocycles. The van der Waals surface area contributed by atoms with Crippen LogP contribution in [0.25, 0.3) is 11.5 Å². The van der Waals surface area contributed by atoms with E-state index in [-0.39, 0.29) is 11.9 Å². The first-order valence-corrected chi connectivity index (χ1v) is 10.0. The van der Waals surface area contributed by atoms with Gasteiger partial charge in [-0.25, -0.2) is 8.42 Å². The summed E-state index contributed by atoms with van der Waals surface area (Å²) in [5.41, 5.74) is 0.503. The number of rotatable bonds is 6. The normalized spacial score (nSPS) is 17.7. The van der Waals surface area contributed by atoms with E-state index in [1.807, 2.05) is 0 Å². The van der Waals surface area contributed by atoms with E-state index in [9.17, 15) is 13.2 Å². The molecule has 1 fully saturated rings. The molecule has 27 heavy (non-hydrogen) atoms. The zero-order valence-corrected chi connectivity index (χ0v) is 15.9. The number of methoxy groups -OCH3 is 2. The quantitative estimate of drug-likeness (QED) is 0.770. The van der Waals surface area contributed by atoms with E-state index in [0.29, 0.717) is 36.4 Å². The maximum atomic E-state index is 12.5. The summed E-state index contributed by atoms with van der Waals surface area (Å²) < 4.78 is 40.7. The monoisotopic (exact) mass is 396 g/mol. The van der Waals surface area contributed by atoms with Crippen LogP contribution in [0.4, 0.5) is 6.01 Å². The average molecular weight is 396 g/mol.